The van der Waals surface area contributed by atoms with Crippen molar-refractivity contribution in [3.05, 3.63) is 18.2 Å². The Balaban J connectivity index is 1.63. The Hall–Kier alpha value is -0.870. The van der Waals surface area contributed by atoms with Gasteiger partial charge in [-0.25, -0.2) is 4.98 Å². The van der Waals surface area contributed by atoms with Gasteiger partial charge in [-0.3, -0.25) is 0 Å². The summed E-state index contributed by atoms with van der Waals surface area (Å²) in [5.41, 5.74) is 6.94. The molecule has 0 aromatic carbocycles. The molecule has 4 heteroatoms. The normalized spacial score (nSPS) is 43.8. The van der Waals surface area contributed by atoms with Crippen LogP contribution in [0, 0.1) is 23.7 Å². The van der Waals surface area contributed by atoms with E-state index in [0.717, 1.165) is 29.4 Å². The zero-order valence-corrected chi connectivity index (χ0v) is 9.87. The molecule has 3 saturated carbocycles. The van der Waals surface area contributed by atoms with E-state index < -0.39 is 0 Å². The number of aliphatic hydroxyl groups is 1. The molecule has 0 aliphatic heterocycles. The topological polar surface area (TPSA) is 64.1 Å². The minimum atomic E-state index is -0.281. The molecule has 0 saturated heterocycles. The predicted molar refractivity (Wildman–Crippen MR) is 63.1 cm³/mol. The summed E-state index contributed by atoms with van der Waals surface area (Å²) in [6, 6.07) is 0.354. The average molecular weight is 233 g/mol. The van der Waals surface area contributed by atoms with E-state index in [1.54, 1.807) is 0 Å². The quantitative estimate of drug-likeness (QED) is 0.821. The summed E-state index contributed by atoms with van der Waals surface area (Å²) in [6.07, 6.45) is 8.04. The van der Waals surface area contributed by atoms with Crippen LogP contribution >= 0.6 is 0 Å². The number of imidazole rings is 1. The Morgan fingerprint density at radius 3 is 2.76 bits per heavy atom. The van der Waals surface area contributed by atoms with E-state index in [1.807, 2.05) is 12.5 Å². The fourth-order valence-corrected chi connectivity index (χ4v) is 4.60. The molecule has 1 aromatic rings. The van der Waals surface area contributed by atoms with Crippen LogP contribution in [0.4, 0.5) is 0 Å². The largest absolute Gasteiger partial charge is 0.394 e. The first kappa shape index (κ1) is 10.1. The first-order valence-corrected chi connectivity index (χ1v) is 6.69. The average Bonchev–Trinajstić information content (AvgIpc) is 2.81. The molecule has 0 amide bonds. The van der Waals surface area contributed by atoms with Gasteiger partial charge >= 0.3 is 0 Å². The smallest absolute Gasteiger partial charge is 0.0951 e. The summed E-state index contributed by atoms with van der Waals surface area (Å²) in [5.74, 6) is 3.67. The van der Waals surface area contributed by atoms with Gasteiger partial charge in [-0.1, -0.05) is 0 Å². The fraction of sp³-hybridized carbons (Fsp3) is 0.769. The number of fused-ring (bicyclic) bond motifs is 5. The minimum Gasteiger partial charge on any atom is -0.394 e. The highest BCUT2D eigenvalue weighted by Crippen LogP contribution is 2.71. The summed E-state index contributed by atoms with van der Waals surface area (Å²) in [5, 5.41) is 9.19. The van der Waals surface area contributed by atoms with Crippen molar-refractivity contribution in [2.24, 2.45) is 29.4 Å². The van der Waals surface area contributed by atoms with Gasteiger partial charge in [0.05, 0.1) is 24.7 Å². The number of nitrogens with two attached hydrogens (primary N) is 1. The van der Waals surface area contributed by atoms with Gasteiger partial charge in [-0.05, 0) is 42.9 Å². The van der Waals surface area contributed by atoms with Crippen LogP contribution in [0.3, 0.4) is 0 Å². The molecule has 3 fully saturated rings. The van der Waals surface area contributed by atoms with Crippen LogP contribution in [0.25, 0.3) is 0 Å². The van der Waals surface area contributed by atoms with Crippen molar-refractivity contribution in [2.45, 2.75) is 31.3 Å². The third kappa shape index (κ3) is 1.23. The lowest BCUT2D eigenvalue weighted by molar-refractivity contribution is 0.262. The molecule has 4 rings (SSSR count). The maximum absolute atomic E-state index is 9.19. The second-order valence-corrected chi connectivity index (χ2v) is 5.99. The Kier molecular flexibility index (Phi) is 1.97. The molecule has 4 nitrogen and oxygen atoms in total. The van der Waals surface area contributed by atoms with E-state index in [0.29, 0.717) is 6.04 Å². The van der Waals surface area contributed by atoms with Crippen molar-refractivity contribution < 1.29 is 5.11 Å². The molecule has 1 heterocycles. The zero-order valence-electron chi connectivity index (χ0n) is 9.87. The molecular weight excluding hydrogens is 214 g/mol. The van der Waals surface area contributed by atoms with Crippen LogP contribution in [0.5, 0.6) is 0 Å². The second kappa shape index (κ2) is 3.33. The number of aliphatic hydroxyl groups excluding tert-OH is 1. The van der Waals surface area contributed by atoms with Crippen molar-refractivity contribution in [1.29, 1.82) is 0 Å². The summed E-state index contributed by atoms with van der Waals surface area (Å²) in [4.78, 5) is 4.22. The van der Waals surface area contributed by atoms with Crippen molar-refractivity contribution in [2.75, 3.05) is 6.61 Å². The van der Waals surface area contributed by atoms with Gasteiger partial charge in [0.25, 0.3) is 0 Å². The molecule has 17 heavy (non-hydrogen) atoms. The first-order valence-electron chi connectivity index (χ1n) is 6.69. The van der Waals surface area contributed by atoms with E-state index in [9.17, 15) is 5.11 Å². The number of nitrogens with zero attached hydrogens (tertiary/aromatic N) is 2. The summed E-state index contributed by atoms with van der Waals surface area (Å²) >= 11 is 0. The Bertz CT molecular complexity index is 428. The van der Waals surface area contributed by atoms with Crippen molar-refractivity contribution >= 4 is 0 Å². The Labute approximate surface area is 101 Å². The highest BCUT2D eigenvalue weighted by atomic mass is 16.3. The maximum atomic E-state index is 9.19. The standard InChI is InChI=1S/C13H19N3O/c14-9(5-17)10-4-15-6-16(10)13-11-7-1-2-8(3-7)12(11)13/h4,6-9,11-13,17H,1-3,5,14H2. The van der Waals surface area contributed by atoms with E-state index in [2.05, 4.69) is 9.55 Å². The number of hydrogen-bond donors (Lipinski definition) is 2. The van der Waals surface area contributed by atoms with Crippen molar-refractivity contribution in [1.82, 2.24) is 9.55 Å². The molecular formula is C13H19N3O. The minimum absolute atomic E-state index is 0.000599. The Morgan fingerprint density at radius 1 is 1.41 bits per heavy atom. The molecule has 3 N–H and O–H groups in total. The third-order valence-corrected chi connectivity index (χ3v) is 5.29. The first-order chi connectivity index (χ1) is 8.31. The van der Waals surface area contributed by atoms with Gasteiger partial charge in [0.1, 0.15) is 0 Å². The van der Waals surface area contributed by atoms with Crippen LogP contribution in [0.1, 0.15) is 37.0 Å². The number of hydrogen-bond acceptors (Lipinski definition) is 3. The van der Waals surface area contributed by atoms with Gasteiger partial charge in [-0.2, -0.15) is 0 Å². The molecule has 1 aromatic heterocycles. The molecule has 3 aliphatic rings. The van der Waals surface area contributed by atoms with E-state index in [4.69, 9.17) is 5.73 Å². The summed E-state index contributed by atoms with van der Waals surface area (Å²) in [7, 11) is 0. The molecule has 5 unspecified atom stereocenters. The Morgan fingerprint density at radius 2 is 2.12 bits per heavy atom. The van der Waals surface area contributed by atoms with Crippen molar-refractivity contribution in [3.63, 3.8) is 0 Å². The zero-order chi connectivity index (χ0) is 11.6. The van der Waals surface area contributed by atoms with E-state index >= 15 is 0 Å². The molecule has 0 radical (unpaired) electrons. The van der Waals surface area contributed by atoms with Crippen LogP contribution < -0.4 is 5.73 Å². The molecule has 5 atom stereocenters. The van der Waals surface area contributed by atoms with Crippen LogP contribution in [-0.4, -0.2) is 21.3 Å². The highest BCUT2D eigenvalue weighted by Gasteiger charge is 2.65. The lowest BCUT2D eigenvalue weighted by Crippen LogP contribution is -2.19. The number of rotatable bonds is 3. The summed E-state index contributed by atoms with van der Waals surface area (Å²) in [6.45, 7) is 0.000599. The van der Waals surface area contributed by atoms with Gasteiger partial charge in [0.15, 0.2) is 0 Å². The third-order valence-electron chi connectivity index (χ3n) is 5.29. The molecule has 2 bridgehead atoms. The monoisotopic (exact) mass is 233 g/mol. The lowest BCUT2D eigenvalue weighted by Gasteiger charge is -2.15. The lowest BCUT2D eigenvalue weighted by atomic mass is 10.0. The van der Waals surface area contributed by atoms with E-state index in [-0.39, 0.29) is 12.6 Å². The molecule has 92 valence electrons. The highest BCUT2D eigenvalue weighted by molar-refractivity contribution is 5.19. The van der Waals surface area contributed by atoms with Crippen molar-refractivity contribution in [3.8, 4) is 0 Å². The van der Waals surface area contributed by atoms with Gasteiger partial charge in [0, 0.05) is 12.2 Å². The van der Waals surface area contributed by atoms with E-state index in [1.165, 1.54) is 19.3 Å². The molecule has 0 spiro atoms. The van der Waals surface area contributed by atoms with Gasteiger partial charge < -0.3 is 15.4 Å². The van der Waals surface area contributed by atoms with Crippen LogP contribution in [-0.2, 0) is 0 Å². The summed E-state index contributed by atoms with van der Waals surface area (Å²) < 4.78 is 2.25. The fourth-order valence-electron chi connectivity index (χ4n) is 4.60. The second-order valence-electron chi connectivity index (χ2n) is 5.99. The predicted octanol–water partition coefficient (Wildman–Crippen LogP) is 1.09. The number of aromatic nitrogens is 2. The SMILES string of the molecule is NC(CO)c1cncn1C1C2C3CCC(C3)C21. The van der Waals surface area contributed by atoms with Crippen LogP contribution in [0.2, 0.25) is 0 Å². The van der Waals surface area contributed by atoms with Crippen LogP contribution in [0.15, 0.2) is 12.5 Å². The van der Waals surface area contributed by atoms with Gasteiger partial charge in [-0.15, -0.1) is 0 Å². The molecule has 3 aliphatic carbocycles. The maximum Gasteiger partial charge on any atom is 0.0951 e. The van der Waals surface area contributed by atoms with Gasteiger partial charge in [0.2, 0.25) is 0 Å².